The van der Waals surface area contributed by atoms with Crippen molar-refractivity contribution in [1.82, 2.24) is 9.80 Å². The highest BCUT2D eigenvalue weighted by atomic mass is 19.4. The second-order valence-electron chi connectivity index (χ2n) is 8.45. The monoisotopic (exact) mass is 545 g/mol. The van der Waals surface area contributed by atoms with Crippen molar-refractivity contribution in [2.75, 3.05) is 40.5 Å². The summed E-state index contributed by atoms with van der Waals surface area (Å²) in [5, 5.41) is 9.12. The summed E-state index contributed by atoms with van der Waals surface area (Å²) in [6, 6.07) is 5.15. The number of aliphatic hydroxyl groups excluding tert-OH is 1. The number of alkyl halides is 3. The fraction of sp³-hybridized carbons (Fsp3) is 0.577. The highest BCUT2D eigenvalue weighted by molar-refractivity contribution is 5.94. The summed E-state index contributed by atoms with van der Waals surface area (Å²) in [7, 11) is 3.00. The van der Waals surface area contributed by atoms with Crippen molar-refractivity contribution < 1.29 is 42.1 Å². The largest absolute Gasteiger partial charge is 0.573 e. The Hall–Kier alpha value is -3.28. The van der Waals surface area contributed by atoms with E-state index in [4.69, 9.17) is 14.6 Å². The average Bonchev–Trinajstić information content (AvgIpc) is 2.87. The molecule has 0 spiro atoms. The van der Waals surface area contributed by atoms with Gasteiger partial charge in [-0.05, 0) is 37.8 Å². The summed E-state index contributed by atoms with van der Waals surface area (Å²) in [5.41, 5.74) is 0.200. The van der Waals surface area contributed by atoms with Crippen LogP contribution in [-0.4, -0.2) is 79.9 Å². The third-order valence-electron chi connectivity index (χ3n) is 5.72. The zero-order valence-corrected chi connectivity index (χ0v) is 22.7. The maximum absolute atomic E-state index is 12.7. The van der Waals surface area contributed by atoms with E-state index in [1.807, 2.05) is 20.8 Å². The van der Waals surface area contributed by atoms with Crippen LogP contribution in [0.4, 0.5) is 13.2 Å². The summed E-state index contributed by atoms with van der Waals surface area (Å²) in [4.78, 5) is 31.3. The normalized spacial score (nSPS) is 17.7. The van der Waals surface area contributed by atoms with Gasteiger partial charge in [0.1, 0.15) is 30.5 Å². The second kappa shape index (κ2) is 15.9. The quantitative estimate of drug-likeness (QED) is 0.139. The van der Waals surface area contributed by atoms with Crippen LogP contribution in [0.1, 0.15) is 40.5 Å². The van der Waals surface area contributed by atoms with Crippen LogP contribution in [0, 0.1) is 11.8 Å². The van der Waals surface area contributed by atoms with Crippen LogP contribution in [0.2, 0.25) is 0 Å². The number of halogens is 3. The molecule has 9 nitrogen and oxygen atoms in total. The minimum atomic E-state index is -4.81. The van der Waals surface area contributed by atoms with E-state index >= 15 is 0 Å². The number of nitrogens with zero attached hydrogens (tertiary/aromatic N) is 3. The number of likely N-dealkylation sites (N-methyl/N-ethyl adjacent to an activating group) is 1. The molecule has 0 aromatic heterocycles. The topological polar surface area (TPSA) is 101 Å². The number of aliphatic imine (C=N–C) groups is 1. The van der Waals surface area contributed by atoms with Crippen LogP contribution in [-0.2, 0) is 14.3 Å². The highest BCUT2D eigenvalue weighted by Crippen LogP contribution is 2.36. The molecule has 0 aliphatic heterocycles. The lowest BCUT2D eigenvalue weighted by Crippen LogP contribution is -2.35. The number of carbonyl (C=O) groups excluding carboxylic acids is 2. The Bertz CT molecular complexity index is 968. The molecule has 2 atom stereocenters. The maximum Gasteiger partial charge on any atom is 0.573 e. The van der Waals surface area contributed by atoms with Crippen molar-refractivity contribution in [1.29, 1.82) is 0 Å². The van der Waals surface area contributed by atoms with Crippen molar-refractivity contribution in [3.63, 3.8) is 0 Å². The predicted molar refractivity (Wildman–Crippen MR) is 136 cm³/mol. The third-order valence-corrected chi connectivity index (χ3v) is 5.72. The lowest BCUT2D eigenvalue weighted by molar-refractivity contribution is -0.274. The molecule has 0 heterocycles. The number of amides is 2. The van der Waals surface area contributed by atoms with E-state index in [0.29, 0.717) is 12.3 Å². The molecule has 214 valence electrons. The molecule has 0 saturated heterocycles. The SMILES string of the molecule is C/C(C(=O)N(C)CCO)=C(\N=C(\OCCOc1cccc(OC(F)(F)F)c1)[C@@H]1CCC1C)N(C)C=O.CC. The van der Waals surface area contributed by atoms with Gasteiger partial charge in [0.15, 0.2) is 5.90 Å². The number of aliphatic hydroxyl groups is 1. The first-order chi connectivity index (χ1) is 18.0. The van der Waals surface area contributed by atoms with E-state index < -0.39 is 18.0 Å². The summed E-state index contributed by atoms with van der Waals surface area (Å²) in [5.74, 6) is 0.0778. The number of hydrogen-bond acceptors (Lipinski definition) is 7. The van der Waals surface area contributed by atoms with Crippen molar-refractivity contribution in [2.24, 2.45) is 16.8 Å². The molecule has 1 aliphatic rings. The Morgan fingerprint density at radius 3 is 2.37 bits per heavy atom. The van der Waals surface area contributed by atoms with Crippen LogP contribution < -0.4 is 9.47 Å². The zero-order valence-electron chi connectivity index (χ0n) is 22.7. The lowest BCUT2D eigenvalue weighted by Gasteiger charge is -2.34. The molecule has 1 aromatic rings. The van der Waals surface area contributed by atoms with Gasteiger partial charge in [0.05, 0.1) is 12.2 Å². The van der Waals surface area contributed by atoms with Crippen molar-refractivity contribution in [3.05, 3.63) is 35.7 Å². The molecule has 2 rings (SSSR count). The van der Waals surface area contributed by atoms with Crippen LogP contribution in [0.5, 0.6) is 11.5 Å². The molecule has 12 heteroatoms. The van der Waals surface area contributed by atoms with Gasteiger partial charge >= 0.3 is 6.36 Å². The van der Waals surface area contributed by atoms with Crippen molar-refractivity contribution >= 4 is 18.2 Å². The third kappa shape index (κ3) is 10.2. The van der Waals surface area contributed by atoms with Gasteiger partial charge in [-0.1, -0.05) is 26.8 Å². The van der Waals surface area contributed by atoms with E-state index in [0.717, 1.165) is 18.9 Å². The van der Waals surface area contributed by atoms with Crippen LogP contribution in [0.3, 0.4) is 0 Å². The molecule has 1 aromatic carbocycles. The van der Waals surface area contributed by atoms with Crippen molar-refractivity contribution in [3.8, 4) is 11.5 Å². The van der Waals surface area contributed by atoms with Gasteiger partial charge in [-0.15, -0.1) is 13.2 Å². The minimum absolute atomic E-state index is 0.00924. The smallest absolute Gasteiger partial charge is 0.490 e. The van der Waals surface area contributed by atoms with Crippen LogP contribution in [0.15, 0.2) is 40.7 Å². The molecule has 1 N–H and O–H groups in total. The van der Waals surface area contributed by atoms with E-state index in [1.165, 1.54) is 49.0 Å². The van der Waals surface area contributed by atoms with Crippen molar-refractivity contribution in [2.45, 2.75) is 46.9 Å². The molecule has 1 fully saturated rings. The summed E-state index contributed by atoms with van der Waals surface area (Å²) >= 11 is 0. The fourth-order valence-corrected chi connectivity index (χ4v) is 3.54. The fourth-order valence-electron chi connectivity index (χ4n) is 3.54. The molecule has 1 saturated carbocycles. The zero-order chi connectivity index (χ0) is 28.9. The van der Waals surface area contributed by atoms with Crippen LogP contribution >= 0.6 is 0 Å². The first-order valence-corrected chi connectivity index (χ1v) is 12.4. The highest BCUT2D eigenvalue weighted by Gasteiger charge is 2.34. The Morgan fingerprint density at radius 1 is 1.18 bits per heavy atom. The molecule has 38 heavy (non-hydrogen) atoms. The van der Waals surface area contributed by atoms with E-state index in [1.54, 1.807) is 0 Å². The molecule has 2 amide bonds. The maximum atomic E-state index is 12.7. The van der Waals surface area contributed by atoms with Crippen LogP contribution in [0.25, 0.3) is 0 Å². The number of benzene rings is 1. The summed E-state index contributed by atoms with van der Waals surface area (Å²) < 4.78 is 52.6. The molecular weight excluding hydrogens is 507 g/mol. The summed E-state index contributed by atoms with van der Waals surface area (Å²) in [6.45, 7) is 7.52. The summed E-state index contributed by atoms with van der Waals surface area (Å²) in [6.07, 6.45) is -2.50. The molecule has 0 bridgehead atoms. The van der Waals surface area contributed by atoms with Gasteiger partial charge in [-0.2, -0.15) is 4.99 Å². The minimum Gasteiger partial charge on any atom is -0.490 e. The average molecular weight is 546 g/mol. The Labute approximate surface area is 221 Å². The van der Waals surface area contributed by atoms with E-state index in [9.17, 15) is 22.8 Å². The predicted octanol–water partition coefficient (Wildman–Crippen LogP) is 4.22. The molecule has 1 aliphatic carbocycles. The Kier molecular flexibility index (Phi) is 13.7. The first-order valence-electron chi connectivity index (χ1n) is 12.4. The number of rotatable bonds is 12. The Morgan fingerprint density at radius 2 is 1.84 bits per heavy atom. The van der Waals surface area contributed by atoms with E-state index in [2.05, 4.69) is 9.73 Å². The number of carbonyl (C=O) groups is 2. The lowest BCUT2D eigenvalue weighted by atomic mass is 9.75. The van der Waals surface area contributed by atoms with Gasteiger partial charge < -0.3 is 29.1 Å². The standard InChI is InChI=1S/C24H32F3N3O6.C2H6/c1-16-8-9-20(16)22(28-21(30(4)15-32)17(2)23(33)29(3)10-11-31)35-13-12-34-18-6-5-7-19(14-18)36-24(25,26)27;1-2/h5-7,14-16,20,31H,8-13H2,1-4H3;1-2H3/b21-17-,28-22+;/t16?,20-;/m1./s1. The molecule has 1 unspecified atom stereocenters. The van der Waals surface area contributed by atoms with Gasteiger partial charge in [0, 0.05) is 32.6 Å². The number of hydrogen-bond donors (Lipinski definition) is 1. The van der Waals surface area contributed by atoms with Gasteiger partial charge in [-0.25, -0.2) is 0 Å². The van der Waals surface area contributed by atoms with Gasteiger partial charge in [-0.3, -0.25) is 9.59 Å². The number of ether oxygens (including phenoxy) is 3. The second-order valence-corrected chi connectivity index (χ2v) is 8.45. The molecular formula is C26H38F3N3O6. The Balaban J connectivity index is 0.00000352. The van der Waals surface area contributed by atoms with Gasteiger partial charge in [0.2, 0.25) is 6.41 Å². The van der Waals surface area contributed by atoms with E-state index in [-0.39, 0.29) is 55.3 Å². The first kappa shape index (κ1) is 32.7. The molecule has 0 radical (unpaired) electrons. The van der Waals surface area contributed by atoms with Gasteiger partial charge in [0.25, 0.3) is 5.91 Å².